The molecule has 2 aromatic carbocycles. The second kappa shape index (κ2) is 9.69. The molecule has 28 heavy (non-hydrogen) atoms. The van der Waals surface area contributed by atoms with Crippen LogP contribution in [0.4, 0.5) is 10.5 Å². The summed E-state index contributed by atoms with van der Waals surface area (Å²) in [4.78, 5) is 39.2. The number of guanidine groups is 1. The van der Waals surface area contributed by atoms with E-state index in [4.69, 9.17) is 16.6 Å². The van der Waals surface area contributed by atoms with E-state index in [1.165, 1.54) is 12.1 Å². The lowest BCUT2D eigenvalue weighted by Crippen LogP contribution is -2.48. The minimum absolute atomic E-state index is 0.0937. The van der Waals surface area contributed by atoms with Gasteiger partial charge in [-0.2, -0.15) is 0 Å². The zero-order chi connectivity index (χ0) is 20.5. The zero-order valence-corrected chi connectivity index (χ0v) is 14.8. The van der Waals surface area contributed by atoms with Gasteiger partial charge in [0.1, 0.15) is 0 Å². The number of hydrogen-bond acceptors (Lipinski definition) is 5. The van der Waals surface area contributed by atoms with Crippen LogP contribution in [-0.2, 0) is 4.79 Å². The van der Waals surface area contributed by atoms with Gasteiger partial charge in [-0.1, -0.05) is 42.5 Å². The molecule has 8 N–H and O–H groups in total. The SMILES string of the molecule is NC(N)=Nc1ccccc1C(=O)NC(=O)NNC(CC(=O)O)c1ccccc1. The number of carboxylic acid groups (broad SMARTS) is 1. The number of nitrogens with two attached hydrogens (primary N) is 2. The molecule has 1 atom stereocenters. The standard InChI is InChI=1S/C18H20N6O4/c19-17(20)21-13-9-5-4-8-12(13)16(27)22-18(28)24-23-14(10-15(25)26)11-6-2-1-3-7-11/h1-9,14,23H,10H2,(H,25,26)(H4,19,20,21)(H2,22,24,27,28). The van der Waals surface area contributed by atoms with Gasteiger partial charge in [0, 0.05) is 0 Å². The maximum absolute atomic E-state index is 12.3. The Labute approximate surface area is 160 Å². The highest BCUT2D eigenvalue weighted by Gasteiger charge is 2.18. The summed E-state index contributed by atoms with van der Waals surface area (Å²) in [6.45, 7) is 0. The Balaban J connectivity index is 2.02. The highest BCUT2D eigenvalue weighted by molar-refractivity contribution is 6.07. The van der Waals surface area contributed by atoms with Crippen molar-refractivity contribution in [1.82, 2.24) is 16.2 Å². The van der Waals surface area contributed by atoms with E-state index < -0.39 is 23.9 Å². The lowest BCUT2D eigenvalue weighted by Gasteiger charge is -2.18. The van der Waals surface area contributed by atoms with Crippen molar-refractivity contribution in [3.63, 3.8) is 0 Å². The fraction of sp³-hybridized carbons (Fsp3) is 0.111. The van der Waals surface area contributed by atoms with Gasteiger partial charge in [-0.15, -0.1) is 0 Å². The van der Waals surface area contributed by atoms with Crippen LogP contribution in [0.1, 0.15) is 28.4 Å². The zero-order valence-electron chi connectivity index (χ0n) is 14.8. The molecule has 0 aromatic heterocycles. The van der Waals surface area contributed by atoms with Crippen molar-refractivity contribution in [2.24, 2.45) is 16.5 Å². The maximum atomic E-state index is 12.3. The molecule has 2 aromatic rings. The van der Waals surface area contributed by atoms with Crippen LogP contribution in [0.25, 0.3) is 0 Å². The molecule has 0 bridgehead atoms. The van der Waals surface area contributed by atoms with Gasteiger partial charge in [-0.3, -0.25) is 20.3 Å². The number of aliphatic carboxylic acids is 1. The molecular weight excluding hydrogens is 364 g/mol. The molecule has 0 saturated carbocycles. The lowest BCUT2D eigenvalue weighted by molar-refractivity contribution is -0.137. The predicted octanol–water partition coefficient (Wildman–Crippen LogP) is 0.752. The number of nitrogens with zero attached hydrogens (tertiary/aromatic N) is 1. The van der Waals surface area contributed by atoms with Crippen LogP contribution < -0.4 is 27.6 Å². The van der Waals surface area contributed by atoms with Crippen molar-refractivity contribution in [2.75, 3.05) is 0 Å². The molecule has 0 saturated heterocycles. The molecule has 3 amide bonds. The number of carbonyl (C=O) groups is 3. The average molecular weight is 384 g/mol. The van der Waals surface area contributed by atoms with Crippen LogP contribution in [0.3, 0.4) is 0 Å². The minimum atomic E-state index is -1.05. The second-order valence-corrected chi connectivity index (χ2v) is 5.67. The quantitative estimate of drug-likeness (QED) is 0.232. The summed E-state index contributed by atoms with van der Waals surface area (Å²) in [5.41, 5.74) is 16.5. The lowest BCUT2D eigenvalue weighted by atomic mass is 10.0. The molecule has 10 heteroatoms. The van der Waals surface area contributed by atoms with E-state index in [-0.39, 0.29) is 23.6 Å². The van der Waals surface area contributed by atoms with E-state index in [0.717, 1.165) is 0 Å². The van der Waals surface area contributed by atoms with Gasteiger partial charge < -0.3 is 16.6 Å². The van der Waals surface area contributed by atoms with E-state index in [1.807, 2.05) is 0 Å². The van der Waals surface area contributed by atoms with Crippen LogP contribution >= 0.6 is 0 Å². The Hall–Kier alpha value is -3.92. The van der Waals surface area contributed by atoms with Crippen LogP contribution in [0.5, 0.6) is 0 Å². The molecular formula is C18H20N6O4. The molecule has 0 heterocycles. The van der Waals surface area contributed by atoms with Gasteiger partial charge in [0.15, 0.2) is 5.96 Å². The summed E-state index contributed by atoms with van der Waals surface area (Å²) in [6, 6.07) is 13.4. The Kier molecular flexibility index (Phi) is 7.06. The summed E-state index contributed by atoms with van der Waals surface area (Å²) in [5, 5.41) is 11.2. The van der Waals surface area contributed by atoms with Crippen molar-refractivity contribution in [3.8, 4) is 0 Å². The number of hydrazine groups is 1. The number of benzene rings is 2. The third-order valence-electron chi connectivity index (χ3n) is 3.57. The first-order valence-electron chi connectivity index (χ1n) is 8.19. The number of carbonyl (C=O) groups excluding carboxylic acids is 2. The fourth-order valence-corrected chi connectivity index (χ4v) is 2.37. The Morgan fingerprint density at radius 1 is 1.00 bits per heavy atom. The van der Waals surface area contributed by atoms with Gasteiger partial charge >= 0.3 is 12.0 Å². The molecule has 0 aliphatic carbocycles. The van der Waals surface area contributed by atoms with E-state index >= 15 is 0 Å². The molecule has 10 nitrogen and oxygen atoms in total. The number of para-hydroxylation sites is 1. The number of urea groups is 1. The highest BCUT2D eigenvalue weighted by atomic mass is 16.4. The van der Waals surface area contributed by atoms with Crippen molar-refractivity contribution in [3.05, 3.63) is 65.7 Å². The minimum Gasteiger partial charge on any atom is -0.481 e. The molecule has 0 fully saturated rings. The summed E-state index contributed by atoms with van der Waals surface area (Å²) < 4.78 is 0. The van der Waals surface area contributed by atoms with Crippen LogP contribution in [0.2, 0.25) is 0 Å². The number of amides is 3. The fourth-order valence-electron chi connectivity index (χ4n) is 2.37. The Morgan fingerprint density at radius 3 is 2.29 bits per heavy atom. The number of rotatable bonds is 7. The van der Waals surface area contributed by atoms with Gasteiger partial charge in [0.05, 0.1) is 23.7 Å². The third kappa shape index (κ3) is 6.11. The topological polar surface area (TPSA) is 172 Å². The molecule has 0 spiro atoms. The first-order valence-corrected chi connectivity index (χ1v) is 8.19. The molecule has 0 aliphatic rings. The molecule has 2 rings (SSSR count). The van der Waals surface area contributed by atoms with Gasteiger partial charge in [-0.05, 0) is 17.7 Å². The van der Waals surface area contributed by atoms with Crippen LogP contribution in [0.15, 0.2) is 59.6 Å². The van der Waals surface area contributed by atoms with Gasteiger partial charge in [0.25, 0.3) is 5.91 Å². The molecule has 0 aliphatic heterocycles. The third-order valence-corrected chi connectivity index (χ3v) is 3.57. The highest BCUT2D eigenvalue weighted by Crippen LogP contribution is 2.18. The first kappa shape index (κ1) is 20.4. The first-order chi connectivity index (χ1) is 13.4. The summed E-state index contributed by atoms with van der Waals surface area (Å²) in [6.07, 6.45) is -0.272. The van der Waals surface area contributed by atoms with Crippen LogP contribution in [0, 0.1) is 0 Å². The van der Waals surface area contributed by atoms with Crippen molar-refractivity contribution < 1.29 is 19.5 Å². The maximum Gasteiger partial charge on any atom is 0.336 e. The second-order valence-electron chi connectivity index (χ2n) is 5.67. The molecule has 1 unspecified atom stereocenters. The average Bonchev–Trinajstić information content (AvgIpc) is 2.65. The Bertz CT molecular complexity index is 881. The summed E-state index contributed by atoms with van der Waals surface area (Å²) in [5.74, 6) is -2.01. The smallest absolute Gasteiger partial charge is 0.336 e. The molecule has 146 valence electrons. The van der Waals surface area contributed by atoms with Gasteiger partial charge in [-0.25, -0.2) is 15.2 Å². The number of aliphatic imine (C=N–C) groups is 1. The number of nitrogens with one attached hydrogen (secondary N) is 3. The number of imide groups is 1. The normalized spacial score (nSPS) is 11.1. The van der Waals surface area contributed by atoms with Crippen LogP contribution in [-0.4, -0.2) is 29.0 Å². The van der Waals surface area contributed by atoms with Crippen molar-refractivity contribution >= 4 is 29.6 Å². The monoisotopic (exact) mass is 384 g/mol. The summed E-state index contributed by atoms with van der Waals surface area (Å²) >= 11 is 0. The van der Waals surface area contributed by atoms with Crippen molar-refractivity contribution in [1.29, 1.82) is 0 Å². The predicted molar refractivity (Wildman–Crippen MR) is 102 cm³/mol. The van der Waals surface area contributed by atoms with E-state index in [0.29, 0.717) is 5.56 Å². The number of carboxylic acids is 1. The number of hydrogen-bond donors (Lipinski definition) is 6. The van der Waals surface area contributed by atoms with E-state index in [2.05, 4.69) is 21.2 Å². The summed E-state index contributed by atoms with van der Waals surface area (Å²) in [7, 11) is 0. The van der Waals surface area contributed by atoms with Crippen molar-refractivity contribution in [2.45, 2.75) is 12.5 Å². The van der Waals surface area contributed by atoms with Gasteiger partial charge in [0.2, 0.25) is 0 Å². The largest absolute Gasteiger partial charge is 0.481 e. The Morgan fingerprint density at radius 2 is 1.64 bits per heavy atom. The van der Waals surface area contributed by atoms with E-state index in [1.54, 1.807) is 42.5 Å². The van der Waals surface area contributed by atoms with E-state index in [9.17, 15) is 14.4 Å². The molecule has 0 radical (unpaired) electrons.